The molecular formula is C31H49N3O18. The largest absolute Gasteiger partial charge is 0.476 e. The van der Waals surface area contributed by atoms with Gasteiger partial charge < -0.3 is 57.8 Å². The Labute approximate surface area is 300 Å². The molecule has 21 heteroatoms. The van der Waals surface area contributed by atoms with Crippen LogP contribution in [-0.2, 0) is 61.8 Å². The molecule has 0 aliphatic heterocycles. The highest BCUT2D eigenvalue weighted by molar-refractivity contribution is 6.32. The summed E-state index contributed by atoms with van der Waals surface area (Å²) >= 11 is 0. The van der Waals surface area contributed by atoms with Crippen LogP contribution in [0, 0.1) is 20.2 Å². The van der Waals surface area contributed by atoms with Gasteiger partial charge in [-0.2, -0.15) is 0 Å². The van der Waals surface area contributed by atoms with Crippen LogP contribution in [0.4, 0.5) is 17.1 Å². The van der Waals surface area contributed by atoms with Gasteiger partial charge in [0.05, 0.1) is 141 Å². The van der Waals surface area contributed by atoms with Crippen LogP contribution in [0.15, 0.2) is 18.2 Å². The van der Waals surface area contributed by atoms with E-state index in [1.807, 2.05) is 0 Å². The second-order valence-electron chi connectivity index (χ2n) is 10.1. The number of carbonyl (C=O) groups excluding carboxylic acids is 2. The minimum atomic E-state index is -1.57. The third-order valence-electron chi connectivity index (χ3n) is 6.21. The number of Topliss-reactive ketones (excluding diaryl/α,β-unsaturated/α-hetero) is 1. The predicted octanol–water partition coefficient (Wildman–Crippen LogP) is 1.04. The van der Waals surface area contributed by atoms with Gasteiger partial charge in [-0.05, 0) is 6.07 Å². The van der Waals surface area contributed by atoms with E-state index in [9.17, 15) is 34.6 Å². The molecule has 2 N–H and O–H groups in total. The van der Waals surface area contributed by atoms with Crippen molar-refractivity contribution in [1.29, 1.82) is 0 Å². The lowest BCUT2D eigenvalue weighted by molar-refractivity contribution is -0.393. The highest BCUT2D eigenvalue weighted by atomic mass is 16.6. The molecule has 0 aromatic heterocycles. The van der Waals surface area contributed by atoms with Crippen LogP contribution in [0.5, 0.6) is 0 Å². The number of carbonyl (C=O) groups is 3. The zero-order chi connectivity index (χ0) is 38.1. The zero-order valence-electron chi connectivity index (χ0n) is 29.1. The number of carboxylic acid groups (broad SMARTS) is 1. The summed E-state index contributed by atoms with van der Waals surface area (Å²) < 4.78 is 53.3. The van der Waals surface area contributed by atoms with Crippen molar-refractivity contribution in [2.45, 2.75) is 12.8 Å². The fourth-order valence-corrected chi connectivity index (χ4v) is 3.66. The van der Waals surface area contributed by atoms with Crippen LogP contribution >= 0.6 is 0 Å². The van der Waals surface area contributed by atoms with Crippen LogP contribution in [0.3, 0.4) is 0 Å². The van der Waals surface area contributed by atoms with E-state index < -0.39 is 34.0 Å². The number of carboxylic acids is 1. The van der Waals surface area contributed by atoms with Gasteiger partial charge >= 0.3 is 11.9 Å². The molecule has 1 rings (SSSR count). The summed E-state index contributed by atoms with van der Waals surface area (Å²) in [5.74, 6) is -3.28. The first-order chi connectivity index (χ1) is 25.2. The van der Waals surface area contributed by atoms with Crippen molar-refractivity contribution >= 4 is 34.8 Å². The average molecular weight is 752 g/mol. The molecule has 21 nitrogen and oxygen atoms in total. The van der Waals surface area contributed by atoms with Crippen molar-refractivity contribution in [2.24, 2.45) is 0 Å². The molecule has 0 unspecified atom stereocenters. The van der Waals surface area contributed by atoms with Crippen LogP contribution < -0.4 is 5.32 Å². The van der Waals surface area contributed by atoms with Gasteiger partial charge in [0.2, 0.25) is 5.78 Å². The fourth-order valence-electron chi connectivity index (χ4n) is 3.66. The Morgan fingerprint density at radius 3 is 1.31 bits per heavy atom. The van der Waals surface area contributed by atoms with E-state index in [1.165, 1.54) is 12.1 Å². The van der Waals surface area contributed by atoms with Crippen molar-refractivity contribution in [2.75, 3.05) is 137 Å². The Bertz CT molecular complexity index is 1160. The summed E-state index contributed by atoms with van der Waals surface area (Å²) in [5.41, 5.74) is -0.563. The summed E-state index contributed by atoms with van der Waals surface area (Å²) in [4.78, 5) is 53.2. The van der Waals surface area contributed by atoms with Gasteiger partial charge in [0.1, 0.15) is 12.3 Å². The molecule has 296 valence electrons. The molecule has 0 fully saturated rings. The van der Waals surface area contributed by atoms with Gasteiger partial charge in [-0.15, -0.1) is 0 Å². The molecule has 0 amide bonds. The van der Waals surface area contributed by atoms with Crippen molar-refractivity contribution in [3.63, 3.8) is 0 Å². The molecule has 0 aliphatic carbocycles. The number of nitro groups is 2. The maximum absolute atomic E-state index is 11.4. The topological polar surface area (TPSA) is 262 Å². The number of hydrogen-bond donors (Lipinski definition) is 2. The van der Waals surface area contributed by atoms with Crippen molar-refractivity contribution in [1.82, 2.24) is 0 Å². The fraction of sp³-hybridized carbons (Fsp3) is 0.710. The van der Waals surface area contributed by atoms with Crippen LogP contribution in [-0.4, -0.2) is 165 Å². The first kappa shape index (κ1) is 46.1. The maximum Gasteiger partial charge on any atom is 0.372 e. The number of benzene rings is 1. The monoisotopic (exact) mass is 751 g/mol. The zero-order valence-corrected chi connectivity index (χ0v) is 29.1. The maximum atomic E-state index is 11.4. The lowest BCUT2D eigenvalue weighted by Crippen LogP contribution is -2.17. The van der Waals surface area contributed by atoms with E-state index in [4.69, 9.17) is 52.5 Å². The Morgan fingerprint density at radius 1 is 0.558 bits per heavy atom. The molecule has 52 heavy (non-hydrogen) atoms. The number of rotatable bonds is 37. The number of nitro benzene ring substituents is 2. The molecule has 0 aliphatic rings. The van der Waals surface area contributed by atoms with E-state index >= 15 is 0 Å². The van der Waals surface area contributed by atoms with Crippen molar-refractivity contribution in [3.8, 4) is 0 Å². The van der Waals surface area contributed by atoms with Gasteiger partial charge in [0.25, 0.3) is 11.4 Å². The van der Waals surface area contributed by atoms with Crippen LogP contribution in [0.2, 0.25) is 0 Å². The molecule has 0 bridgehead atoms. The first-order valence-corrected chi connectivity index (χ1v) is 16.5. The quantitative estimate of drug-likeness (QED) is 0.0316. The minimum Gasteiger partial charge on any atom is -0.476 e. The summed E-state index contributed by atoms with van der Waals surface area (Å²) in [7, 11) is 0. The number of aliphatic carboxylic acids is 1. The summed E-state index contributed by atoms with van der Waals surface area (Å²) in [6.45, 7) is 6.86. The normalized spacial score (nSPS) is 11.0. The molecule has 0 saturated heterocycles. The Balaban J connectivity index is 1.74. The smallest absolute Gasteiger partial charge is 0.372 e. The highest BCUT2D eigenvalue weighted by Crippen LogP contribution is 2.28. The van der Waals surface area contributed by atoms with E-state index in [0.717, 1.165) is 6.07 Å². The van der Waals surface area contributed by atoms with E-state index in [-0.39, 0.29) is 49.8 Å². The first-order valence-electron chi connectivity index (χ1n) is 16.5. The molecule has 0 radical (unpaired) electrons. The van der Waals surface area contributed by atoms with Gasteiger partial charge in [0.15, 0.2) is 0 Å². The highest BCUT2D eigenvalue weighted by Gasteiger charge is 2.19. The standard InChI is InChI=1S/C31H49N3O18/c35-29(31(37)38)3-4-30(36)52-24-23-51-22-21-50-20-19-49-18-17-48-16-15-47-14-13-46-12-11-45-10-9-44-8-7-43-6-5-32-27-2-1-26(33(39)40)25-28(27)34(41)42/h1-2,25,32H,3-24H2,(H,37,38). The number of nitrogens with zero attached hydrogens (tertiary/aromatic N) is 2. The molecular weight excluding hydrogens is 702 g/mol. The number of non-ortho nitro benzene ring substituents is 1. The number of hydrogen-bond acceptors (Lipinski definition) is 18. The van der Waals surface area contributed by atoms with Crippen molar-refractivity contribution in [3.05, 3.63) is 38.4 Å². The van der Waals surface area contributed by atoms with E-state index in [1.54, 1.807) is 0 Å². The second-order valence-corrected chi connectivity index (χ2v) is 10.1. The Morgan fingerprint density at radius 2 is 0.942 bits per heavy atom. The number of ketones is 1. The molecule has 0 heterocycles. The number of ether oxygens (including phenoxy) is 10. The SMILES string of the molecule is O=C(CCC(=O)C(=O)O)OCCOCCOCCOCCOCCOCCOCCOCCOCCOCCNc1ccc([N+](=O)[O-])cc1[N+](=O)[O-]. The molecule has 0 spiro atoms. The van der Waals surface area contributed by atoms with Gasteiger partial charge in [0, 0.05) is 19.0 Å². The predicted molar refractivity (Wildman–Crippen MR) is 178 cm³/mol. The Kier molecular flexibility index (Phi) is 28.2. The lowest BCUT2D eigenvalue weighted by Gasteiger charge is -2.09. The third kappa shape index (κ3) is 25.9. The van der Waals surface area contributed by atoms with Crippen LogP contribution in [0.25, 0.3) is 0 Å². The number of nitrogens with one attached hydrogen (secondary N) is 1. The van der Waals surface area contributed by atoms with Gasteiger partial charge in [-0.3, -0.25) is 29.8 Å². The van der Waals surface area contributed by atoms with E-state index in [0.29, 0.717) is 106 Å². The van der Waals surface area contributed by atoms with Crippen LogP contribution in [0.1, 0.15) is 12.8 Å². The Hall–Kier alpha value is -3.93. The summed E-state index contributed by atoms with van der Waals surface area (Å²) in [6, 6.07) is 3.39. The van der Waals surface area contributed by atoms with Gasteiger partial charge in [-0.1, -0.05) is 0 Å². The molecule has 0 atom stereocenters. The molecule has 1 aromatic rings. The summed E-state index contributed by atoms with van der Waals surface area (Å²) in [6.07, 6.45) is -0.687. The average Bonchev–Trinajstić information content (AvgIpc) is 3.12. The second kappa shape index (κ2) is 31.8. The third-order valence-corrected chi connectivity index (χ3v) is 6.21. The van der Waals surface area contributed by atoms with E-state index in [2.05, 4.69) is 5.32 Å². The lowest BCUT2D eigenvalue weighted by atomic mass is 10.2. The molecule has 1 aromatic carbocycles. The van der Waals surface area contributed by atoms with Gasteiger partial charge in [-0.25, -0.2) is 4.79 Å². The van der Waals surface area contributed by atoms with Crippen molar-refractivity contribution < 1.29 is 76.7 Å². The molecule has 0 saturated carbocycles. The number of esters is 1. The minimum absolute atomic E-state index is 0.00283. The number of anilines is 1. The summed E-state index contributed by atoms with van der Waals surface area (Å²) in [5, 5.41) is 33.2.